The highest BCUT2D eigenvalue weighted by Gasteiger charge is 2.17. The number of aromatic nitrogens is 3. The lowest BCUT2D eigenvalue weighted by atomic mass is 10.4. The van der Waals surface area contributed by atoms with Gasteiger partial charge in [0.1, 0.15) is 5.69 Å². The summed E-state index contributed by atoms with van der Waals surface area (Å²) in [5, 5.41) is 14.0. The van der Waals surface area contributed by atoms with Crippen LogP contribution in [0.5, 0.6) is 0 Å². The van der Waals surface area contributed by atoms with Crippen molar-refractivity contribution in [3.05, 3.63) is 5.38 Å². The second-order valence-electron chi connectivity index (χ2n) is 5.00. The van der Waals surface area contributed by atoms with Crippen molar-refractivity contribution in [2.24, 2.45) is 0 Å². The van der Waals surface area contributed by atoms with Crippen molar-refractivity contribution in [2.75, 3.05) is 56.3 Å². The molecule has 0 aromatic carbocycles. The second kappa shape index (κ2) is 8.23. The maximum Gasteiger partial charge on any atom is 0.315 e. The molecule has 126 valence electrons. The molecule has 0 bridgehead atoms. The summed E-state index contributed by atoms with van der Waals surface area (Å²) in [5.74, 6) is 0.438. The standard InChI is InChI=1S/C14H21N5O3S/c1-2-20-7-3-4-15-13-18-17-12(22-13)11-10-23-14(16-11)19-5-8-21-9-6-19/h10H,2-9H2,1H3,(H,15,18). The van der Waals surface area contributed by atoms with Gasteiger partial charge >= 0.3 is 6.01 Å². The van der Waals surface area contributed by atoms with Gasteiger partial charge in [0.2, 0.25) is 0 Å². The van der Waals surface area contributed by atoms with Gasteiger partial charge in [-0.25, -0.2) is 4.98 Å². The summed E-state index contributed by atoms with van der Waals surface area (Å²) >= 11 is 1.58. The number of nitrogens with one attached hydrogen (secondary N) is 1. The van der Waals surface area contributed by atoms with E-state index in [1.807, 2.05) is 12.3 Å². The number of hydrogen-bond acceptors (Lipinski definition) is 9. The van der Waals surface area contributed by atoms with Crippen molar-refractivity contribution < 1.29 is 13.9 Å². The molecule has 0 unspecified atom stereocenters. The van der Waals surface area contributed by atoms with Gasteiger partial charge in [0.25, 0.3) is 5.89 Å². The van der Waals surface area contributed by atoms with E-state index >= 15 is 0 Å². The number of hydrogen-bond donors (Lipinski definition) is 1. The molecule has 1 fully saturated rings. The zero-order valence-electron chi connectivity index (χ0n) is 13.2. The molecule has 0 saturated carbocycles. The first kappa shape index (κ1) is 16.2. The minimum atomic E-state index is 0.414. The van der Waals surface area contributed by atoms with Crippen LogP contribution in [0.3, 0.4) is 0 Å². The third kappa shape index (κ3) is 4.40. The highest BCUT2D eigenvalue weighted by molar-refractivity contribution is 7.14. The Morgan fingerprint density at radius 2 is 2.22 bits per heavy atom. The lowest BCUT2D eigenvalue weighted by Gasteiger charge is -2.25. The van der Waals surface area contributed by atoms with Crippen molar-refractivity contribution in [1.29, 1.82) is 0 Å². The summed E-state index contributed by atoms with van der Waals surface area (Å²) in [6.07, 6.45) is 0.892. The summed E-state index contributed by atoms with van der Waals surface area (Å²) in [6, 6.07) is 0.414. The van der Waals surface area contributed by atoms with E-state index < -0.39 is 0 Å². The van der Waals surface area contributed by atoms with E-state index in [1.165, 1.54) is 0 Å². The molecule has 3 heterocycles. The molecule has 3 rings (SSSR count). The first-order valence-corrected chi connectivity index (χ1v) is 8.68. The maximum atomic E-state index is 5.60. The van der Waals surface area contributed by atoms with Crippen molar-refractivity contribution in [3.8, 4) is 11.6 Å². The Hall–Kier alpha value is -1.71. The fraction of sp³-hybridized carbons (Fsp3) is 0.643. The van der Waals surface area contributed by atoms with Gasteiger partial charge < -0.3 is 24.1 Å². The van der Waals surface area contributed by atoms with E-state index in [4.69, 9.17) is 13.9 Å². The molecule has 1 saturated heterocycles. The Labute approximate surface area is 138 Å². The van der Waals surface area contributed by atoms with Crippen molar-refractivity contribution in [2.45, 2.75) is 13.3 Å². The van der Waals surface area contributed by atoms with E-state index in [9.17, 15) is 0 Å². The van der Waals surface area contributed by atoms with Gasteiger partial charge in [0.05, 0.1) is 13.2 Å². The molecular formula is C14H21N5O3S. The Bertz CT molecular complexity index is 597. The molecule has 0 spiro atoms. The van der Waals surface area contributed by atoms with E-state index in [2.05, 4.69) is 25.4 Å². The Balaban J connectivity index is 1.54. The van der Waals surface area contributed by atoms with Crippen LogP contribution in [0.4, 0.5) is 11.1 Å². The van der Waals surface area contributed by atoms with Crippen LogP contribution in [-0.2, 0) is 9.47 Å². The highest BCUT2D eigenvalue weighted by atomic mass is 32.1. The lowest BCUT2D eigenvalue weighted by molar-refractivity contribution is 0.122. The molecule has 1 aliphatic rings. The summed E-state index contributed by atoms with van der Waals surface area (Å²) in [5.41, 5.74) is 0.714. The van der Waals surface area contributed by atoms with Crippen LogP contribution in [0.1, 0.15) is 13.3 Å². The van der Waals surface area contributed by atoms with Crippen molar-refractivity contribution in [1.82, 2.24) is 15.2 Å². The summed E-state index contributed by atoms with van der Waals surface area (Å²) in [6.45, 7) is 7.39. The molecule has 2 aromatic heterocycles. The third-order valence-electron chi connectivity index (χ3n) is 3.36. The molecule has 0 amide bonds. The molecular weight excluding hydrogens is 318 g/mol. The van der Waals surface area contributed by atoms with E-state index in [1.54, 1.807) is 11.3 Å². The average molecular weight is 339 g/mol. The van der Waals surface area contributed by atoms with E-state index in [0.717, 1.165) is 57.6 Å². The largest absolute Gasteiger partial charge is 0.402 e. The number of morpholine rings is 1. The van der Waals surface area contributed by atoms with Crippen LogP contribution in [0.15, 0.2) is 9.80 Å². The maximum absolute atomic E-state index is 5.60. The molecule has 0 aliphatic carbocycles. The van der Waals surface area contributed by atoms with Crippen LogP contribution in [0, 0.1) is 0 Å². The number of ether oxygens (including phenoxy) is 2. The molecule has 1 N–H and O–H groups in total. The van der Waals surface area contributed by atoms with Crippen LogP contribution >= 0.6 is 11.3 Å². The van der Waals surface area contributed by atoms with Gasteiger partial charge in [-0.2, -0.15) is 0 Å². The SMILES string of the molecule is CCOCCCNc1nnc(-c2csc(N3CCOCC3)n2)o1. The lowest BCUT2D eigenvalue weighted by Crippen LogP contribution is -2.36. The molecule has 9 heteroatoms. The molecule has 2 aromatic rings. The predicted molar refractivity (Wildman–Crippen MR) is 88.0 cm³/mol. The first-order valence-electron chi connectivity index (χ1n) is 7.80. The minimum Gasteiger partial charge on any atom is -0.402 e. The van der Waals surface area contributed by atoms with Crippen LogP contribution in [-0.4, -0.2) is 61.2 Å². The molecule has 0 radical (unpaired) electrons. The summed E-state index contributed by atoms with van der Waals surface area (Å²) in [7, 11) is 0. The van der Waals surface area contributed by atoms with E-state index in [0.29, 0.717) is 17.6 Å². The molecule has 23 heavy (non-hydrogen) atoms. The molecule has 8 nitrogen and oxygen atoms in total. The zero-order chi connectivity index (χ0) is 15.9. The average Bonchev–Trinajstić information content (AvgIpc) is 3.25. The van der Waals surface area contributed by atoms with Gasteiger partial charge in [-0.3, -0.25) is 0 Å². The number of rotatable bonds is 8. The smallest absolute Gasteiger partial charge is 0.315 e. The molecule has 1 aliphatic heterocycles. The topological polar surface area (TPSA) is 85.5 Å². The minimum absolute atomic E-state index is 0.414. The van der Waals surface area contributed by atoms with Crippen LogP contribution in [0.2, 0.25) is 0 Å². The van der Waals surface area contributed by atoms with Gasteiger partial charge in [-0.15, -0.1) is 16.4 Å². The monoisotopic (exact) mass is 339 g/mol. The number of thiazole rings is 1. The third-order valence-corrected chi connectivity index (χ3v) is 4.27. The van der Waals surface area contributed by atoms with Crippen LogP contribution < -0.4 is 10.2 Å². The Morgan fingerprint density at radius 3 is 3.04 bits per heavy atom. The normalized spacial score (nSPS) is 15.1. The van der Waals surface area contributed by atoms with Crippen LogP contribution in [0.25, 0.3) is 11.6 Å². The number of anilines is 2. The zero-order valence-corrected chi connectivity index (χ0v) is 14.0. The van der Waals surface area contributed by atoms with Gasteiger partial charge in [0, 0.05) is 38.2 Å². The van der Waals surface area contributed by atoms with Gasteiger partial charge in [0.15, 0.2) is 5.13 Å². The highest BCUT2D eigenvalue weighted by Crippen LogP contribution is 2.27. The second-order valence-corrected chi connectivity index (χ2v) is 5.84. The van der Waals surface area contributed by atoms with E-state index in [-0.39, 0.29) is 0 Å². The summed E-state index contributed by atoms with van der Waals surface area (Å²) in [4.78, 5) is 6.79. The first-order chi connectivity index (χ1) is 11.4. The van der Waals surface area contributed by atoms with Gasteiger partial charge in [-0.05, 0) is 13.3 Å². The summed E-state index contributed by atoms with van der Waals surface area (Å²) < 4.78 is 16.2. The number of nitrogens with zero attached hydrogens (tertiary/aromatic N) is 4. The fourth-order valence-electron chi connectivity index (χ4n) is 2.17. The van der Waals surface area contributed by atoms with Gasteiger partial charge in [-0.1, -0.05) is 5.10 Å². The van der Waals surface area contributed by atoms with Crippen molar-refractivity contribution >= 4 is 22.5 Å². The van der Waals surface area contributed by atoms with Crippen molar-refractivity contribution in [3.63, 3.8) is 0 Å². The quantitative estimate of drug-likeness (QED) is 0.730. The predicted octanol–water partition coefficient (Wildman–Crippen LogP) is 1.87. The Morgan fingerprint density at radius 1 is 1.35 bits per heavy atom. The fourth-order valence-corrected chi connectivity index (χ4v) is 3.03. The Kier molecular flexibility index (Phi) is 5.78. The molecule has 0 atom stereocenters.